The average molecular weight is 440 g/mol. The van der Waals surface area contributed by atoms with Gasteiger partial charge in [-0.25, -0.2) is 0 Å². The van der Waals surface area contributed by atoms with Crippen LogP contribution in [-0.4, -0.2) is 17.6 Å². The topological polar surface area (TPSA) is 20.3 Å². The predicted molar refractivity (Wildman–Crippen MR) is 133 cm³/mol. The Morgan fingerprint density at radius 3 is 0.903 bits per heavy atom. The lowest BCUT2D eigenvalue weighted by molar-refractivity contribution is -0.146. The minimum Gasteiger partial charge on any atom is -0.272 e. The van der Waals surface area contributed by atoms with Gasteiger partial charge in [-0.05, 0) is 12.8 Å². The monoisotopic (exact) mass is 439 g/mol. The van der Waals surface area contributed by atoms with Crippen molar-refractivity contribution in [2.24, 2.45) is 0 Å². The maximum Gasteiger partial charge on any atom is 0.250 e. The highest BCUT2D eigenvalue weighted by molar-refractivity contribution is 5.74. The third kappa shape index (κ3) is 19.8. The van der Waals surface area contributed by atoms with E-state index in [0.29, 0.717) is 18.1 Å². The van der Waals surface area contributed by atoms with Crippen molar-refractivity contribution in [1.82, 2.24) is 5.12 Å². The number of amides is 1. The Labute approximate surface area is 194 Å². The Balaban J connectivity index is 2.13. The second-order valence-electron chi connectivity index (χ2n) is 10.1. The van der Waals surface area contributed by atoms with Crippen LogP contribution in [0.25, 0.3) is 0 Å². The van der Waals surface area contributed by atoms with Gasteiger partial charge in [0.2, 0.25) is 5.91 Å². The first kappa shape index (κ1) is 28.4. The van der Waals surface area contributed by atoms with Crippen molar-refractivity contribution in [2.45, 2.75) is 167 Å². The van der Waals surface area contributed by atoms with Gasteiger partial charge in [-0.1, -0.05) is 152 Å². The normalized spacial score (nSPS) is 23.4. The standard InChI is InChI=1S/C28H54FNO/c29-30-27-25-23-21-19-17-15-13-11-9-7-5-3-1-2-4-6-8-10-12-14-16-18-20-22-24-26-28(30)31/h1-27H2. The van der Waals surface area contributed by atoms with E-state index in [9.17, 15) is 9.28 Å². The molecule has 0 aromatic rings. The van der Waals surface area contributed by atoms with E-state index in [-0.39, 0.29) is 5.91 Å². The molecule has 0 N–H and O–H groups in total. The predicted octanol–water partition coefficient (Wildman–Crippen LogP) is 9.86. The summed E-state index contributed by atoms with van der Waals surface area (Å²) in [5.41, 5.74) is 0. The lowest BCUT2D eigenvalue weighted by Crippen LogP contribution is -2.23. The van der Waals surface area contributed by atoms with Crippen LogP contribution in [0, 0.1) is 0 Å². The van der Waals surface area contributed by atoms with Crippen LogP contribution in [0.5, 0.6) is 0 Å². The fourth-order valence-corrected chi connectivity index (χ4v) is 4.84. The molecule has 0 saturated carbocycles. The van der Waals surface area contributed by atoms with Gasteiger partial charge in [0.25, 0.3) is 0 Å². The molecule has 0 radical (unpaired) electrons. The van der Waals surface area contributed by atoms with Gasteiger partial charge in [-0.3, -0.25) is 4.79 Å². The fourth-order valence-electron chi connectivity index (χ4n) is 4.84. The molecule has 0 unspecified atom stereocenters. The molecule has 1 aliphatic rings. The Bertz CT molecular complexity index is 387. The Hall–Kier alpha value is -0.600. The zero-order valence-corrected chi connectivity index (χ0v) is 20.8. The molecular formula is C28H54FNO. The smallest absolute Gasteiger partial charge is 0.250 e. The van der Waals surface area contributed by atoms with Crippen LogP contribution in [0.15, 0.2) is 0 Å². The van der Waals surface area contributed by atoms with E-state index in [1.165, 1.54) is 135 Å². The molecule has 0 aliphatic carbocycles. The zero-order valence-electron chi connectivity index (χ0n) is 20.8. The molecule has 1 fully saturated rings. The van der Waals surface area contributed by atoms with Crippen LogP contribution in [-0.2, 0) is 4.79 Å². The van der Waals surface area contributed by atoms with Crippen molar-refractivity contribution in [3.63, 3.8) is 0 Å². The van der Waals surface area contributed by atoms with Crippen LogP contribution >= 0.6 is 0 Å². The first-order chi connectivity index (χ1) is 15.3. The molecule has 1 aliphatic heterocycles. The summed E-state index contributed by atoms with van der Waals surface area (Å²) in [4.78, 5) is 11.9. The van der Waals surface area contributed by atoms with Gasteiger partial charge in [0.1, 0.15) is 0 Å². The van der Waals surface area contributed by atoms with Crippen LogP contribution in [0.3, 0.4) is 0 Å². The molecule has 1 amide bonds. The summed E-state index contributed by atoms with van der Waals surface area (Å²) in [6.45, 7) is 0.291. The number of carbonyl (C=O) groups is 1. The van der Waals surface area contributed by atoms with Crippen molar-refractivity contribution in [1.29, 1.82) is 0 Å². The molecule has 0 bridgehead atoms. The molecule has 0 aromatic heterocycles. The van der Waals surface area contributed by atoms with E-state index in [0.717, 1.165) is 25.7 Å². The first-order valence-corrected chi connectivity index (χ1v) is 14.3. The molecule has 0 aromatic carbocycles. The molecule has 184 valence electrons. The van der Waals surface area contributed by atoms with E-state index < -0.39 is 0 Å². The van der Waals surface area contributed by atoms with Gasteiger partial charge in [-0.15, -0.1) is 0 Å². The quantitative estimate of drug-likeness (QED) is 0.344. The summed E-state index contributed by atoms with van der Waals surface area (Å²) in [7, 11) is 0. The van der Waals surface area contributed by atoms with E-state index in [1.807, 2.05) is 0 Å². The summed E-state index contributed by atoms with van der Waals surface area (Å²) >= 11 is 0. The lowest BCUT2D eigenvalue weighted by atomic mass is 10.0. The highest BCUT2D eigenvalue weighted by atomic mass is 19.2. The number of halogens is 1. The van der Waals surface area contributed by atoms with Gasteiger partial charge in [-0.2, -0.15) is 5.12 Å². The third-order valence-corrected chi connectivity index (χ3v) is 7.02. The lowest BCUT2D eigenvalue weighted by Gasteiger charge is -2.12. The second-order valence-corrected chi connectivity index (χ2v) is 10.1. The first-order valence-electron chi connectivity index (χ1n) is 14.3. The summed E-state index contributed by atoms with van der Waals surface area (Å²) in [5, 5.41) is 0.483. The zero-order chi connectivity index (χ0) is 22.2. The molecule has 0 atom stereocenters. The molecule has 1 rings (SSSR count). The Kier molecular flexibility index (Phi) is 20.7. The number of nitrogens with zero attached hydrogens (tertiary/aromatic N) is 1. The third-order valence-electron chi connectivity index (χ3n) is 7.02. The largest absolute Gasteiger partial charge is 0.272 e. The number of hydrogen-bond acceptors (Lipinski definition) is 1. The summed E-state index contributed by atoms with van der Waals surface area (Å²) in [6, 6.07) is 0. The molecule has 1 heterocycles. The fraction of sp³-hybridized carbons (Fsp3) is 0.964. The molecule has 2 nitrogen and oxygen atoms in total. The van der Waals surface area contributed by atoms with Crippen molar-refractivity contribution in [3.05, 3.63) is 0 Å². The van der Waals surface area contributed by atoms with Crippen LogP contribution < -0.4 is 0 Å². The van der Waals surface area contributed by atoms with Crippen LogP contribution in [0.4, 0.5) is 4.48 Å². The van der Waals surface area contributed by atoms with E-state index in [4.69, 9.17) is 0 Å². The average Bonchev–Trinajstić information content (AvgIpc) is 2.77. The number of carbonyl (C=O) groups excluding carboxylic acids is 1. The van der Waals surface area contributed by atoms with Crippen molar-refractivity contribution >= 4 is 5.91 Å². The maximum absolute atomic E-state index is 13.9. The molecule has 3 heteroatoms. The molecular weight excluding hydrogens is 385 g/mol. The second kappa shape index (κ2) is 22.6. The Morgan fingerprint density at radius 2 is 0.613 bits per heavy atom. The van der Waals surface area contributed by atoms with E-state index in [1.54, 1.807) is 0 Å². The Morgan fingerprint density at radius 1 is 0.387 bits per heavy atom. The van der Waals surface area contributed by atoms with Gasteiger partial charge in [0, 0.05) is 6.42 Å². The van der Waals surface area contributed by atoms with E-state index in [2.05, 4.69) is 0 Å². The molecule has 0 spiro atoms. The number of rotatable bonds is 0. The molecule has 31 heavy (non-hydrogen) atoms. The van der Waals surface area contributed by atoms with E-state index >= 15 is 0 Å². The van der Waals surface area contributed by atoms with Gasteiger partial charge in [0.05, 0.1) is 6.54 Å². The highest BCUT2D eigenvalue weighted by Gasteiger charge is 2.11. The minimum absolute atomic E-state index is 0.291. The number of hydrogen-bond donors (Lipinski definition) is 0. The van der Waals surface area contributed by atoms with Crippen LogP contribution in [0.1, 0.15) is 167 Å². The SMILES string of the molecule is O=C1CCCCCCCCCCCCCCCCCCCCCCCCCCCN1F. The van der Waals surface area contributed by atoms with Gasteiger partial charge in [0.15, 0.2) is 0 Å². The maximum atomic E-state index is 13.9. The minimum atomic E-state index is -0.302. The van der Waals surface area contributed by atoms with Crippen LogP contribution in [0.2, 0.25) is 0 Å². The van der Waals surface area contributed by atoms with Crippen molar-refractivity contribution in [3.8, 4) is 0 Å². The van der Waals surface area contributed by atoms with Crippen molar-refractivity contribution < 1.29 is 9.28 Å². The molecule has 1 saturated heterocycles. The summed E-state index contributed by atoms with van der Waals surface area (Å²) in [5.74, 6) is -0.302. The summed E-state index contributed by atoms with van der Waals surface area (Å²) < 4.78 is 13.9. The summed E-state index contributed by atoms with van der Waals surface area (Å²) in [6.07, 6.45) is 32.9. The van der Waals surface area contributed by atoms with Gasteiger partial charge >= 0.3 is 0 Å². The van der Waals surface area contributed by atoms with Crippen molar-refractivity contribution in [2.75, 3.05) is 6.54 Å². The highest BCUT2D eigenvalue weighted by Crippen LogP contribution is 2.16. The van der Waals surface area contributed by atoms with Gasteiger partial charge < -0.3 is 0 Å².